The second kappa shape index (κ2) is 7.06. The van der Waals surface area contributed by atoms with Crippen LogP contribution in [-0.2, 0) is 4.74 Å². The van der Waals surface area contributed by atoms with Gasteiger partial charge in [0, 0.05) is 13.2 Å². The van der Waals surface area contributed by atoms with Gasteiger partial charge in [0.15, 0.2) is 5.82 Å². The van der Waals surface area contributed by atoms with Gasteiger partial charge in [0.1, 0.15) is 5.82 Å². The Morgan fingerprint density at radius 1 is 1.50 bits per heavy atom. The third-order valence-electron chi connectivity index (χ3n) is 2.56. The van der Waals surface area contributed by atoms with Gasteiger partial charge in [0.2, 0.25) is 0 Å². The van der Waals surface area contributed by atoms with Crippen LogP contribution in [0.3, 0.4) is 0 Å². The van der Waals surface area contributed by atoms with E-state index in [4.69, 9.17) is 4.74 Å². The molecule has 0 amide bonds. The molecular weight excluding hydrogens is 251 g/mol. The van der Waals surface area contributed by atoms with E-state index in [1.807, 2.05) is 14.0 Å². The Morgan fingerprint density at radius 3 is 2.81 bits per heavy atom. The first kappa shape index (κ1) is 15.6. The van der Waals surface area contributed by atoms with Gasteiger partial charge in [-0.25, -0.2) is 4.98 Å². The van der Waals surface area contributed by atoms with Crippen LogP contribution in [0.2, 0.25) is 0 Å². The van der Waals surface area contributed by atoms with E-state index in [0.717, 1.165) is 31.2 Å². The second-order valence-corrected chi connectivity index (χ2v) is 3.64. The highest BCUT2D eigenvalue weighted by molar-refractivity contribution is 5.85. The van der Waals surface area contributed by atoms with Crippen LogP contribution in [0.4, 0.5) is 0 Å². The number of aromatic nitrogens is 3. The summed E-state index contributed by atoms with van der Waals surface area (Å²) in [4.78, 5) is 4.35. The molecule has 0 saturated carbocycles. The van der Waals surface area contributed by atoms with Crippen molar-refractivity contribution in [3.05, 3.63) is 11.6 Å². The summed E-state index contributed by atoms with van der Waals surface area (Å²) in [6, 6.07) is 0. The lowest BCUT2D eigenvalue weighted by Gasteiger charge is -2.14. The molecule has 0 aromatic carbocycles. The third kappa shape index (κ3) is 3.31. The molecule has 1 aromatic heterocycles. The van der Waals surface area contributed by atoms with Crippen LogP contribution in [0, 0.1) is 6.92 Å². The van der Waals surface area contributed by atoms with Crippen LogP contribution >= 0.6 is 24.8 Å². The van der Waals surface area contributed by atoms with Crippen molar-refractivity contribution in [2.24, 2.45) is 0 Å². The summed E-state index contributed by atoms with van der Waals surface area (Å²) in [5.74, 6) is 2.10. The Kier molecular flexibility index (Phi) is 6.90. The number of aryl methyl sites for hydroxylation is 1. The van der Waals surface area contributed by atoms with Crippen molar-refractivity contribution < 1.29 is 4.74 Å². The highest BCUT2D eigenvalue weighted by Gasteiger charge is 2.31. The van der Waals surface area contributed by atoms with Gasteiger partial charge in [0.05, 0.1) is 12.0 Å². The predicted octanol–water partition coefficient (Wildman–Crippen LogP) is 1.05. The van der Waals surface area contributed by atoms with Crippen molar-refractivity contribution in [2.75, 3.05) is 20.2 Å². The molecule has 0 radical (unpaired) electrons. The molecule has 1 aromatic rings. The summed E-state index contributed by atoms with van der Waals surface area (Å²) in [7, 11) is 1.93. The molecule has 2 heterocycles. The minimum Gasteiger partial charge on any atom is -0.376 e. The number of H-pyrrole nitrogens is 1. The zero-order chi connectivity index (χ0) is 9.97. The highest BCUT2D eigenvalue weighted by Crippen LogP contribution is 2.28. The maximum atomic E-state index is 5.61. The molecule has 1 saturated heterocycles. The molecule has 0 bridgehead atoms. The van der Waals surface area contributed by atoms with Gasteiger partial charge in [-0.2, -0.15) is 5.10 Å². The van der Waals surface area contributed by atoms with Gasteiger partial charge in [-0.15, -0.1) is 24.8 Å². The summed E-state index contributed by atoms with van der Waals surface area (Å²) in [6.45, 7) is 3.59. The van der Waals surface area contributed by atoms with E-state index in [0.29, 0.717) is 5.92 Å². The SMILES string of the molecule is CNC[C@@H]1OCC[C@@H]1c1n[nH]c(C)n1.Cl.Cl. The molecule has 0 aliphatic carbocycles. The Bertz CT molecular complexity index is 307. The van der Waals surface area contributed by atoms with E-state index in [1.54, 1.807) is 0 Å². The molecule has 94 valence electrons. The van der Waals surface area contributed by atoms with Gasteiger partial charge in [-0.3, -0.25) is 5.10 Å². The van der Waals surface area contributed by atoms with E-state index in [-0.39, 0.29) is 30.9 Å². The quantitative estimate of drug-likeness (QED) is 0.861. The van der Waals surface area contributed by atoms with E-state index in [2.05, 4.69) is 20.5 Å². The lowest BCUT2D eigenvalue weighted by atomic mass is 10.0. The summed E-state index contributed by atoms with van der Waals surface area (Å²) in [5.41, 5.74) is 0. The Hall–Kier alpha value is -0.360. The molecule has 1 aliphatic heterocycles. The Balaban J connectivity index is 0.00000112. The zero-order valence-corrected chi connectivity index (χ0v) is 11.0. The van der Waals surface area contributed by atoms with Crippen LogP contribution < -0.4 is 5.32 Å². The van der Waals surface area contributed by atoms with Gasteiger partial charge in [-0.05, 0) is 20.4 Å². The number of nitrogens with zero attached hydrogens (tertiary/aromatic N) is 2. The average Bonchev–Trinajstić information content (AvgIpc) is 2.74. The topological polar surface area (TPSA) is 62.8 Å². The Morgan fingerprint density at radius 2 is 2.25 bits per heavy atom. The van der Waals surface area contributed by atoms with Gasteiger partial charge < -0.3 is 10.1 Å². The number of likely N-dealkylation sites (N-methyl/N-ethyl adjacent to an activating group) is 1. The van der Waals surface area contributed by atoms with E-state index in [9.17, 15) is 0 Å². The lowest BCUT2D eigenvalue weighted by molar-refractivity contribution is 0.103. The molecule has 7 heteroatoms. The normalized spacial score (nSPS) is 23.6. The van der Waals surface area contributed by atoms with Crippen LogP contribution in [0.25, 0.3) is 0 Å². The van der Waals surface area contributed by atoms with E-state index >= 15 is 0 Å². The van der Waals surface area contributed by atoms with Gasteiger partial charge >= 0.3 is 0 Å². The fraction of sp³-hybridized carbons (Fsp3) is 0.778. The molecule has 1 fully saturated rings. The molecule has 2 rings (SSSR count). The second-order valence-electron chi connectivity index (χ2n) is 3.64. The number of rotatable bonds is 3. The van der Waals surface area contributed by atoms with Crippen molar-refractivity contribution in [1.29, 1.82) is 0 Å². The van der Waals surface area contributed by atoms with E-state index in [1.165, 1.54) is 0 Å². The lowest BCUT2D eigenvalue weighted by Crippen LogP contribution is -2.28. The molecule has 0 unspecified atom stereocenters. The fourth-order valence-electron chi connectivity index (χ4n) is 1.87. The number of aromatic amines is 1. The van der Waals surface area contributed by atoms with Crippen molar-refractivity contribution in [1.82, 2.24) is 20.5 Å². The van der Waals surface area contributed by atoms with E-state index < -0.39 is 0 Å². The minimum absolute atomic E-state index is 0. The predicted molar refractivity (Wildman–Crippen MR) is 66.6 cm³/mol. The van der Waals surface area contributed by atoms with Crippen LogP contribution in [-0.4, -0.2) is 41.5 Å². The smallest absolute Gasteiger partial charge is 0.156 e. The van der Waals surface area contributed by atoms with Crippen molar-refractivity contribution in [3.63, 3.8) is 0 Å². The molecule has 2 atom stereocenters. The molecule has 5 nitrogen and oxygen atoms in total. The molecule has 16 heavy (non-hydrogen) atoms. The van der Waals surface area contributed by atoms with Crippen molar-refractivity contribution in [2.45, 2.75) is 25.4 Å². The monoisotopic (exact) mass is 268 g/mol. The van der Waals surface area contributed by atoms with Crippen LogP contribution in [0.15, 0.2) is 0 Å². The first-order chi connectivity index (χ1) is 6.81. The molecule has 1 aliphatic rings. The summed E-state index contributed by atoms with van der Waals surface area (Å²) < 4.78 is 5.61. The Labute approximate surface area is 108 Å². The van der Waals surface area contributed by atoms with Gasteiger partial charge in [0.25, 0.3) is 0 Å². The molecule has 0 spiro atoms. The highest BCUT2D eigenvalue weighted by atomic mass is 35.5. The summed E-state index contributed by atoms with van der Waals surface area (Å²) >= 11 is 0. The van der Waals surface area contributed by atoms with Gasteiger partial charge in [-0.1, -0.05) is 0 Å². The number of nitrogens with one attached hydrogen (secondary N) is 2. The van der Waals surface area contributed by atoms with Crippen molar-refractivity contribution in [3.8, 4) is 0 Å². The maximum Gasteiger partial charge on any atom is 0.156 e. The van der Waals surface area contributed by atoms with Crippen molar-refractivity contribution >= 4 is 24.8 Å². The minimum atomic E-state index is 0. The largest absolute Gasteiger partial charge is 0.376 e. The summed E-state index contributed by atoms with van der Waals surface area (Å²) in [5, 5.41) is 10.2. The molecular formula is C9H18Cl2N4O. The zero-order valence-electron chi connectivity index (χ0n) is 9.40. The summed E-state index contributed by atoms with van der Waals surface area (Å²) in [6.07, 6.45) is 1.24. The first-order valence-corrected chi connectivity index (χ1v) is 4.96. The standard InChI is InChI=1S/C9H16N4O.2ClH/c1-6-11-9(13-12-6)7-3-4-14-8(7)5-10-2;;/h7-8,10H,3-5H2,1-2H3,(H,11,12,13);2*1H/t7-,8-;;/m0../s1. The fourth-order valence-corrected chi connectivity index (χ4v) is 1.87. The third-order valence-corrected chi connectivity index (χ3v) is 2.56. The number of hydrogen-bond donors (Lipinski definition) is 2. The average molecular weight is 269 g/mol. The molecule has 2 N–H and O–H groups in total. The number of halogens is 2. The maximum absolute atomic E-state index is 5.61. The van der Waals surface area contributed by atoms with Crippen LogP contribution in [0.1, 0.15) is 24.0 Å². The van der Waals surface area contributed by atoms with Crippen LogP contribution in [0.5, 0.6) is 0 Å². The first-order valence-electron chi connectivity index (χ1n) is 4.96. The number of hydrogen-bond acceptors (Lipinski definition) is 4. The number of ether oxygens (including phenoxy) is 1.